The lowest BCUT2D eigenvalue weighted by molar-refractivity contribution is 0.0801. The molecule has 1 aliphatic heterocycles. The molecule has 11 heteroatoms. The Hall–Kier alpha value is -5.16. The molecule has 0 saturated heterocycles. The molecule has 5 heterocycles. The van der Waals surface area contributed by atoms with Gasteiger partial charge in [0.05, 0.1) is 56.7 Å². The smallest absolute Gasteiger partial charge is 0.261 e. The second-order valence-corrected chi connectivity index (χ2v) is 9.28. The highest BCUT2D eigenvalue weighted by Gasteiger charge is 2.27. The highest BCUT2D eigenvalue weighted by Crippen LogP contribution is 2.34. The molecule has 5 aromatic rings. The highest BCUT2D eigenvalue weighted by molar-refractivity contribution is 6.05. The number of amides is 1. The van der Waals surface area contributed by atoms with E-state index in [1.807, 2.05) is 11.5 Å². The van der Waals surface area contributed by atoms with Crippen LogP contribution in [0.2, 0.25) is 0 Å². The Morgan fingerprint density at radius 1 is 1.07 bits per heavy atom. The monoisotopic (exact) mass is 554 g/mol. The SMILES string of the molecule is COc1cc2nccc(Oc3ccc(NC(=O)c4c5n(c(C)c(-c6ccoc6)c4=O)CCOC5)cc3)c2nc1OC. The molecule has 11 nitrogen and oxygen atoms in total. The fourth-order valence-corrected chi connectivity index (χ4v) is 4.96. The fourth-order valence-electron chi connectivity index (χ4n) is 4.96. The van der Waals surface area contributed by atoms with E-state index in [1.165, 1.54) is 26.7 Å². The third-order valence-electron chi connectivity index (χ3n) is 6.93. The number of ether oxygens (including phenoxy) is 4. The van der Waals surface area contributed by atoms with Crippen molar-refractivity contribution in [1.82, 2.24) is 14.5 Å². The first-order chi connectivity index (χ1) is 20.0. The number of hydrogen-bond acceptors (Lipinski definition) is 9. The number of pyridine rings is 3. The Morgan fingerprint density at radius 3 is 2.63 bits per heavy atom. The zero-order chi connectivity index (χ0) is 28.5. The Labute approximate surface area is 234 Å². The number of nitrogens with zero attached hydrogens (tertiary/aromatic N) is 3. The summed E-state index contributed by atoms with van der Waals surface area (Å²) in [7, 11) is 3.04. The highest BCUT2D eigenvalue weighted by atomic mass is 16.5. The molecule has 0 fully saturated rings. The molecule has 1 amide bonds. The second-order valence-electron chi connectivity index (χ2n) is 9.28. The van der Waals surface area contributed by atoms with Gasteiger partial charge in [0.25, 0.3) is 11.8 Å². The van der Waals surface area contributed by atoms with Crippen LogP contribution in [0.4, 0.5) is 5.69 Å². The first-order valence-electron chi connectivity index (χ1n) is 12.8. The van der Waals surface area contributed by atoms with Gasteiger partial charge in [0, 0.05) is 41.8 Å². The van der Waals surface area contributed by atoms with E-state index >= 15 is 0 Å². The standard InChI is InChI=1S/C30H26N4O7/c1-17-25(18-9-12-39-15-18)28(35)26(22-16-40-13-11-34(17)22)29(36)32-19-4-6-20(7-5-19)41-23-8-10-31-21-14-24(37-2)30(38-3)33-27(21)23/h4-10,12,14-15H,11,13,16H2,1-3H3,(H,32,36). The van der Waals surface area contributed by atoms with Gasteiger partial charge in [-0.1, -0.05) is 0 Å². The second kappa shape index (κ2) is 10.8. The van der Waals surface area contributed by atoms with Crippen molar-refractivity contribution in [2.45, 2.75) is 20.1 Å². The average Bonchev–Trinajstić information content (AvgIpc) is 3.52. The Bertz CT molecular complexity index is 1810. The van der Waals surface area contributed by atoms with Gasteiger partial charge in [0.1, 0.15) is 16.8 Å². The van der Waals surface area contributed by atoms with Crippen molar-refractivity contribution in [2.75, 3.05) is 26.1 Å². The number of hydrogen-bond donors (Lipinski definition) is 1. The number of nitrogens with one attached hydrogen (secondary N) is 1. The predicted octanol–water partition coefficient (Wildman–Crippen LogP) is 4.95. The van der Waals surface area contributed by atoms with Gasteiger partial charge in [0.2, 0.25) is 5.43 Å². The van der Waals surface area contributed by atoms with Gasteiger partial charge in [0.15, 0.2) is 11.5 Å². The van der Waals surface area contributed by atoms with E-state index in [2.05, 4.69) is 15.3 Å². The Balaban J connectivity index is 1.28. The van der Waals surface area contributed by atoms with Crippen LogP contribution in [0.1, 0.15) is 21.7 Å². The molecule has 0 unspecified atom stereocenters. The van der Waals surface area contributed by atoms with Gasteiger partial charge in [-0.15, -0.1) is 0 Å². The minimum atomic E-state index is -0.520. The Kier molecular flexibility index (Phi) is 6.86. The van der Waals surface area contributed by atoms with Gasteiger partial charge in [-0.2, -0.15) is 0 Å². The minimum Gasteiger partial charge on any atom is -0.491 e. The zero-order valence-corrected chi connectivity index (χ0v) is 22.6. The maximum absolute atomic E-state index is 13.6. The summed E-state index contributed by atoms with van der Waals surface area (Å²) < 4.78 is 29.5. The van der Waals surface area contributed by atoms with E-state index in [9.17, 15) is 9.59 Å². The largest absolute Gasteiger partial charge is 0.491 e. The molecule has 0 spiro atoms. The summed E-state index contributed by atoms with van der Waals surface area (Å²) >= 11 is 0. The third-order valence-corrected chi connectivity index (χ3v) is 6.93. The van der Waals surface area contributed by atoms with Crippen molar-refractivity contribution in [3.63, 3.8) is 0 Å². The molecule has 0 radical (unpaired) electrons. The Morgan fingerprint density at radius 2 is 1.90 bits per heavy atom. The van der Waals surface area contributed by atoms with E-state index in [4.69, 9.17) is 23.4 Å². The van der Waals surface area contributed by atoms with Crippen molar-refractivity contribution in [3.8, 4) is 34.3 Å². The van der Waals surface area contributed by atoms with Crippen molar-refractivity contribution < 1.29 is 28.2 Å². The van der Waals surface area contributed by atoms with Crippen LogP contribution in [0, 0.1) is 6.92 Å². The number of rotatable bonds is 7. The van der Waals surface area contributed by atoms with Crippen LogP contribution < -0.4 is 25.0 Å². The number of anilines is 1. The summed E-state index contributed by atoms with van der Waals surface area (Å²) in [6, 6.07) is 11.9. The number of methoxy groups -OCH3 is 2. The maximum atomic E-state index is 13.6. The summed E-state index contributed by atoms with van der Waals surface area (Å²) in [5.41, 5.74) is 3.62. The molecule has 6 rings (SSSR count). The normalized spacial score (nSPS) is 12.6. The topological polar surface area (TPSA) is 127 Å². The first kappa shape index (κ1) is 26.1. The molecular formula is C30H26N4O7. The van der Waals surface area contributed by atoms with Gasteiger partial charge in [-0.3, -0.25) is 14.6 Å². The van der Waals surface area contributed by atoms with E-state index in [0.717, 1.165) is 5.69 Å². The molecule has 208 valence electrons. The zero-order valence-electron chi connectivity index (χ0n) is 22.6. The van der Waals surface area contributed by atoms with E-state index in [1.54, 1.807) is 48.7 Å². The minimum absolute atomic E-state index is 0.0468. The number of furan rings is 1. The number of carbonyl (C=O) groups is 1. The lowest BCUT2D eigenvalue weighted by Crippen LogP contribution is -2.33. The molecule has 0 bridgehead atoms. The van der Waals surface area contributed by atoms with Crippen LogP contribution in [0.5, 0.6) is 23.1 Å². The van der Waals surface area contributed by atoms with E-state index in [-0.39, 0.29) is 17.6 Å². The summed E-state index contributed by atoms with van der Waals surface area (Å²) in [4.78, 5) is 36.0. The quantitative estimate of drug-likeness (QED) is 0.297. The van der Waals surface area contributed by atoms with Crippen LogP contribution in [-0.4, -0.2) is 41.3 Å². The molecule has 41 heavy (non-hydrogen) atoms. The number of fused-ring (bicyclic) bond motifs is 2. The van der Waals surface area contributed by atoms with Crippen LogP contribution >= 0.6 is 0 Å². The van der Waals surface area contributed by atoms with Crippen LogP contribution in [0.25, 0.3) is 22.2 Å². The first-order valence-corrected chi connectivity index (χ1v) is 12.8. The van der Waals surface area contributed by atoms with Gasteiger partial charge < -0.3 is 33.2 Å². The molecule has 0 atom stereocenters. The van der Waals surface area contributed by atoms with Crippen LogP contribution in [0.15, 0.2) is 70.4 Å². The molecule has 0 saturated carbocycles. The molecule has 1 aliphatic rings. The third kappa shape index (κ3) is 4.76. The van der Waals surface area contributed by atoms with E-state index < -0.39 is 5.91 Å². The van der Waals surface area contributed by atoms with Crippen LogP contribution in [-0.2, 0) is 17.9 Å². The number of aromatic nitrogens is 3. The molecule has 4 aromatic heterocycles. The summed E-state index contributed by atoms with van der Waals surface area (Å²) in [6.45, 7) is 3.07. The number of carbonyl (C=O) groups excluding carboxylic acids is 1. The summed E-state index contributed by atoms with van der Waals surface area (Å²) in [5, 5.41) is 2.85. The van der Waals surface area contributed by atoms with E-state index in [0.29, 0.717) is 69.8 Å². The van der Waals surface area contributed by atoms with Crippen molar-refractivity contribution in [3.05, 3.63) is 88.4 Å². The average molecular weight is 555 g/mol. The maximum Gasteiger partial charge on any atom is 0.261 e. The van der Waals surface area contributed by atoms with Gasteiger partial charge >= 0.3 is 0 Å². The van der Waals surface area contributed by atoms with Gasteiger partial charge in [-0.25, -0.2) is 4.98 Å². The molecule has 1 N–H and O–H groups in total. The summed E-state index contributed by atoms with van der Waals surface area (Å²) in [6.07, 6.45) is 4.62. The van der Waals surface area contributed by atoms with Crippen molar-refractivity contribution in [2.24, 2.45) is 0 Å². The van der Waals surface area contributed by atoms with Crippen molar-refractivity contribution >= 4 is 22.6 Å². The van der Waals surface area contributed by atoms with Crippen molar-refractivity contribution in [1.29, 1.82) is 0 Å². The fraction of sp³-hybridized carbons (Fsp3) is 0.200. The van der Waals surface area contributed by atoms with Gasteiger partial charge in [-0.05, 0) is 37.3 Å². The molecule has 0 aliphatic carbocycles. The lowest BCUT2D eigenvalue weighted by atomic mass is 10.00. The predicted molar refractivity (Wildman–Crippen MR) is 150 cm³/mol. The summed E-state index contributed by atoms with van der Waals surface area (Å²) in [5.74, 6) is 1.23. The van der Waals surface area contributed by atoms with Crippen LogP contribution in [0.3, 0.4) is 0 Å². The molecule has 1 aromatic carbocycles. The lowest BCUT2D eigenvalue weighted by Gasteiger charge is -2.26. The molecular weight excluding hydrogens is 528 g/mol. The number of benzene rings is 1.